The zero-order valence-electron chi connectivity index (χ0n) is 79.1. The molecule has 22 heteroatoms. The second-order valence-corrected chi connectivity index (χ2v) is 42.5. The van der Waals surface area contributed by atoms with Gasteiger partial charge in [-0.1, -0.05) is 252 Å². The van der Waals surface area contributed by atoms with Crippen molar-refractivity contribution in [3.05, 3.63) is 398 Å². The molecule has 1 fully saturated rings. The molecule has 1 unspecified atom stereocenters. The molecule has 140 heavy (non-hydrogen) atoms. The number of rotatable bonds is 9. The van der Waals surface area contributed by atoms with Gasteiger partial charge >= 0.3 is 0 Å². The summed E-state index contributed by atoms with van der Waals surface area (Å²) in [6.07, 6.45) is 2.64. The average molecular weight is 1980 g/mol. The van der Waals surface area contributed by atoms with E-state index in [0.717, 1.165) is 117 Å². The highest BCUT2D eigenvalue weighted by Crippen LogP contribution is 2.57. The van der Waals surface area contributed by atoms with E-state index in [9.17, 15) is 14.4 Å². The number of fused-ring (bicyclic) bond motifs is 15. The molecule has 9 heterocycles. The maximum Gasteiger partial charge on any atom is 0.262 e. The number of carbonyl (C=O) groups is 3. The van der Waals surface area contributed by atoms with E-state index < -0.39 is 0 Å². The van der Waals surface area contributed by atoms with Crippen LogP contribution in [0, 0.1) is 0 Å². The van der Waals surface area contributed by atoms with Gasteiger partial charge in [-0.15, -0.1) is 0 Å². The van der Waals surface area contributed by atoms with Crippen molar-refractivity contribution >= 4 is 219 Å². The number of likely N-dealkylation sites (N-methyl/N-ethyl adjacent to an activating group) is 1. The molecule has 0 spiro atoms. The number of nitrogens with zero attached hydrogens (tertiary/aromatic N) is 10. The highest BCUT2D eigenvalue weighted by molar-refractivity contribution is 8.01. The second-order valence-electron chi connectivity index (χ2n) is 34.5. The van der Waals surface area contributed by atoms with E-state index in [1.165, 1.54) is 109 Å². The molecule has 0 saturated carbocycles. The van der Waals surface area contributed by atoms with Gasteiger partial charge in [0.15, 0.2) is 5.78 Å². The van der Waals surface area contributed by atoms with Gasteiger partial charge in [0.25, 0.3) is 5.91 Å². The number of amides is 2. The largest absolute Gasteiger partial charge is 0.378 e. The smallest absolute Gasteiger partial charge is 0.262 e. The molecule has 0 bridgehead atoms. The van der Waals surface area contributed by atoms with Gasteiger partial charge in [-0.3, -0.25) is 29.1 Å². The van der Waals surface area contributed by atoms with Crippen LogP contribution in [0.15, 0.2) is 451 Å². The van der Waals surface area contributed by atoms with E-state index in [4.69, 9.17) is 16.6 Å². The van der Waals surface area contributed by atoms with Crippen LogP contribution in [-0.2, 0) is 4.79 Å². The van der Waals surface area contributed by atoms with Crippen molar-refractivity contribution in [3.8, 4) is 0 Å². The average Bonchev–Trinajstić information content (AvgIpc) is 1.01. The Kier molecular flexibility index (Phi) is 29.9. The SMILES string of the molecule is CC(=O)N1c2ccccc2Sc2ccccc21.CC(=O)c1ccc2c(c1)Sc1ccccc1N2.CCN1c2ccccc2Sc2cc(Cl)ccc21.CCN1c2ccccc2Sc2ccccc21.CN(C)c1ccc2c(c1)Sc1cc(N(C)C)ccc1N2C(=O)c1ccccc1.CN1CCCC1CN1c2ccccc2Sc2ccccc21.c1ccc2c(c1)Sc1ccccc1N2c1ccc2ccccc2n1. The molecule has 14 nitrogen and oxygen atoms in total. The molecule has 0 aliphatic carbocycles. The van der Waals surface area contributed by atoms with Gasteiger partial charge in [0.1, 0.15) is 5.82 Å². The summed E-state index contributed by atoms with van der Waals surface area (Å²) in [7, 11) is 10.4. The molecule has 8 aliphatic rings. The van der Waals surface area contributed by atoms with E-state index in [1.54, 1.807) is 65.8 Å². The maximum atomic E-state index is 13.5. The summed E-state index contributed by atoms with van der Waals surface area (Å²) in [4.78, 5) is 78.5. The minimum absolute atomic E-state index is 0.0152. The third-order valence-corrected chi connectivity index (χ3v) is 33.0. The Morgan fingerprint density at radius 2 is 0.721 bits per heavy atom. The Hall–Kier alpha value is -13.2. The molecule has 25 rings (SSSR count). The van der Waals surface area contributed by atoms with Crippen molar-refractivity contribution < 1.29 is 14.4 Å². The van der Waals surface area contributed by atoms with Crippen LogP contribution in [0.2, 0.25) is 5.02 Å². The lowest BCUT2D eigenvalue weighted by Gasteiger charge is -2.36. The molecule has 16 aromatic carbocycles. The number of benzene rings is 16. The van der Waals surface area contributed by atoms with Crippen LogP contribution in [0.4, 0.5) is 96.8 Å². The second kappa shape index (κ2) is 43.7. The van der Waals surface area contributed by atoms with Crippen LogP contribution in [0.1, 0.15) is 61.3 Å². The number of hydrogen-bond donors (Lipinski definition) is 1. The van der Waals surface area contributed by atoms with Gasteiger partial charge in [0.2, 0.25) is 5.91 Å². The van der Waals surface area contributed by atoms with E-state index in [0.29, 0.717) is 11.6 Å². The number of anilines is 17. The summed E-state index contributed by atoms with van der Waals surface area (Å²) < 4.78 is 0. The zero-order chi connectivity index (χ0) is 96.4. The molecule has 0 radical (unpaired) electrons. The quantitative estimate of drug-likeness (QED) is 0.138. The number of aromatic nitrogens is 1. The van der Waals surface area contributed by atoms with Crippen LogP contribution in [0.5, 0.6) is 0 Å². The van der Waals surface area contributed by atoms with E-state index in [2.05, 4.69) is 297 Å². The number of carbonyl (C=O) groups excluding carboxylic acids is 3. The van der Waals surface area contributed by atoms with Crippen molar-refractivity contribution in [2.75, 3.05) is 106 Å². The first kappa shape index (κ1) is 95.7. The molecule has 698 valence electrons. The Balaban J connectivity index is 0.000000105. The fourth-order valence-electron chi connectivity index (χ4n) is 18.0. The highest BCUT2D eigenvalue weighted by atomic mass is 35.5. The van der Waals surface area contributed by atoms with E-state index in [-0.39, 0.29) is 17.6 Å². The normalized spacial score (nSPS) is 14.0. The van der Waals surface area contributed by atoms with Gasteiger partial charge in [-0.25, -0.2) is 4.98 Å². The highest BCUT2D eigenvalue weighted by Gasteiger charge is 2.34. The Morgan fingerprint density at radius 3 is 1.19 bits per heavy atom. The fraction of sp³-hybridized carbons (Fsp3) is 0.136. The van der Waals surface area contributed by atoms with Crippen LogP contribution in [0.25, 0.3) is 10.9 Å². The van der Waals surface area contributed by atoms with Crippen molar-refractivity contribution in [3.63, 3.8) is 0 Å². The van der Waals surface area contributed by atoms with Crippen LogP contribution in [0.3, 0.4) is 0 Å². The third-order valence-electron chi connectivity index (χ3n) is 25.0. The van der Waals surface area contributed by atoms with Crippen molar-refractivity contribution in [2.24, 2.45) is 0 Å². The monoisotopic (exact) mass is 1980 g/mol. The molecule has 1 saturated heterocycles. The third kappa shape index (κ3) is 20.9. The molecule has 17 aromatic rings. The molecule has 2 amide bonds. The van der Waals surface area contributed by atoms with Crippen molar-refractivity contribution in [2.45, 2.75) is 115 Å². The van der Waals surface area contributed by atoms with E-state index >= 15 is 0 Å². The Labute approximate surface area is 855 Å². The van der Waals surface area contributed by atoms with Crippen LogP contribution >= 0.6 is 93.9 Å². The lowest BCUT2D eigenvalue weighted by atomic mass is 10.1. The maximum absolute atomic E-state index is 13.5. The summed E-state index contributed by atoms with van der Waals surface area (Å²) in [5.74, 6) is 1.09. The summed E-state index contributed by atoms with van der Waals surface area (Å²) in [5, 5.41) is 5.33. The lowest BCUT2D eigenvalue weighted by Crippen LogP contribution is -2.37. The Bertz CT molecular complexity index is 7220. The first-order chi connectivity index (χ1) is 68.4. The Morgan fingerprint density at radius 1 is 0.350 bits per heavy atom. The minimum atomic E-state index is -0.0152. The first-order valence-corrected chi connectivity index (χ1v) is 52.9. The number of pyridine rings is 1. The lowest BCUT2D eigenvalue weighted by molar-refractivity contribution is -0.115. The van der Waals surface area contributed by atoms with Crippen LogP contribution in [-0.4, -0.2) is 94.9 Å². The molecule has 1 atom stereocenters. The molecular weight excluding hydrogens is 1880 g/mol. The van der Waals surface area contributed by atoms with Gasteiger partial charge in [-0.05, 0) is 272 Å². The number of ketones is 1. The predicted molar refractivity (Wildman–Crippen MR) is 593 cm³/mol. The van der Waals surface area contributed by atoms with E-state index in [1.807, 2.05) is 214 Å². The topological polar surface area (TPSA) is 105 Å². The number of nitrogens with one attached hydrogen (secondary N) is 1. The number of likely N-dealkylation sites (tertiary alicyclic amines) is 1. The molecule has 8 aliphatic heterocycles. The minimum Gasteiger partial charge on any atom is -0.378 e. The summed E-state index contributed by atoms with van der Waals surface area (Å²) in [6.45, 7) is 11.9. The summed E-state index contributed by atoms with van der Waals surface area (Å²) in [6, 6.07) is 131. The van der Waals surface area contributed by atoms with Crippen LogP contribution < -0.4 is 44.5 Å². The standard InChI is InChI=1S/C23H23N3OS.C21H14N2S.C18H20N2S.C14H12ClNS.2C14H11NOS.C14H13NS/c1-24(2)17-10-12-19-21(14-17)28-22-15-18(25(3)4)11-13-20(22)26(19)23(27)16-8-6-5-7-9-16;1-2-8-16-15(7-1)13-14-21(22-16)23-17-9-3-5-11-19(17)24-20-12-6-4-10-18(20)23;1-19-12-6-7-14(19)13-20-15-8-2-4-10-17(15)21-18-11-5-3-9-16(18)20;1-2-16-11-5-3-4-6-13(11)17-14-9-10(15)7-8-12(14)16;1-10(16)15-11-6-2-4-8-13(11)17-14-9-5-3-7-12(14)15;1-9(16)10-6-7-12-14(8-10)17-13-5-3-2-4-11(13)15-12;1-2-15-11-7-3-5-9-13(11)16-14-10-6-4-8-12(14)15/h5-15H,1-4H3;1-14H;2-5,8-11,14H,6-7,12-13H2,1H3;3-9H,2H2,1H3;2-9H,1H3;2-8,15H,1H3;3-10H,2H2,1H3. The summed E-state index contributed by atoms with van der Waals surface area (Å²) >= 11 is 18.5. The number of hydrogen-bond acceptors (Lipinski definition) is 19. The van der Waals surface area contributed by atoms with Gasteiger partial charge in [0.05, 0.1) is 85.1 Å². The molecule has 1 N–H and O–H groups in total. The number of halogens is 1. The summed E-state index contributed by atoms with van der Waals surface area (Å²) in [5.41, 5.74) is 21.0. The first-order valence-electron chi connectivity index (χ1n) is 46.8. The van der Waals surface area contributed by atoms with Gasteiger partial charge in [-0.2, -0.15) is 0 Å². The fourth-order valence-corrected chi connectivity index (χ4v) is 25.8. The van der Waals surface area contributed by atoms with Crippen molar-refractivity contribution in [1.82, 2.24) is 9.88 Å². The molecular formula is C118H104ClN11O3S7. The predicted octanol–water partition coefficient (Wildman–Crippen LogP) is 33.0. The zero-order valence-corrected chi connectivity index (χ0v) is 85.6. The van der Waals surface area contributed by atoms with Crippen molar-refractivity contribution in [1.29, 1.82) is 0 Å². The van der Waals surface area contributed by atoms with Gasteiger partial charge in [0, 0.05) is 162 Å². The number of Topliss-reactive ketones (excluding diaryl/α,β-unsaturated/α-hetero) is 1. The molecule has 1 aromatic heterocycles. The van der Waals surface area contributed by atoms with Gasteiger partial charge < -0.3 is 34.7 Å². The number of para-hydroxylation sites is 11.